The van der Waals surface area contributed by atoms with E-state index in [-0.39, 0.29) is 10.8 Å². The molecule has 176 valence electrons. The Bertz CT molecular complexity index is 1460. The Morgan fingerprint density at radius 1 is 0.912 bits per heavy atom. The van der Waals surface area contributed by atoms with E-state index in [0.29, 0.717) is 23.5 Å². The molecule has 7 heteroatoms. The van der Waals surface area contributed by atoms with Gasteiger partial charge in [-0.2, -0.15) is 0 Å². The second-order valence-electron chi connectivity index (χ2n) is 8.50. The van der Waals surface area contributed by atoms with Crippen molar-refractivity contribution >= 4 is 48.7 Å². The fourth-order valence-electron chi connectivity index (χ4n) is 3.78. The summed E-state index contributed by atoms with van der Waals surface area (Å²) in [5, 5.41) is 3.84. The van der Waals surface area contributed by atoms with Crippen LogP contribution in [0.1, 0.15) is 39.7 Å². The summed E-state index contributed by atoms with van der Waals surface area (Å²) in [5.41, 5.74) is 4.47. The Labute approximate surface area is 205 Å². The molecule has 0 aliphatic rings. The van der Waals surface area contributed by atoms with Gasteiger partial charge >= 0.3 is 0 Å². The number of hydrogen-bond donors (Lipinski definition) is 1. The molecule has 1 heterocycles. The molecule has 1 amide bonds. The van der Waals surface area contributed by atoms with Gasteiger partial charge in [0.1, 0.15) is 0 Å². The van der Waals surface area contributed by atoms with Gasteiger partial charge in [0.25, 0.3) is 15.9 Å². The van der Waals surface area contributed by atoms with Crippen LogP contribution in [0.15, 0.2) is 71.6 Å². The number of rotatable bonds is 7. The number of aryl methyl sites for hydroxylation is 3. The molecule has 0 bridgehead atoms. The lowest BCUT2D eigenvalue weighted by atomic mass is 10.1. The molecular formula is C27H28N2O3S2. The second-order valence-corrected chi connectivity index (χ2v) is 11.4. The fourth-order valence-corrected chi connectivity index (χ4v) is 6.27. The van der Waals surface area contributed by atoms with Crippen LogP contribution in [0.3, 0.4) is 0 Å². The molecule has 0 spiro atoms. The molecule has 5 nitrogen and oxygen atoms in total. The molecule has 0 radical (unpaired) electrons. The minimum Gasteiger partial charge on any atom is -0.321 e. The summed E-state index contributed by atoms with van der Waals surface area (Å²) in [7, 11) is -3.70. The largest absolute Gasteiger partial charge is 0.321 e. The quantitative estimate of drug-likeness (QED) is 0.313. The monoisotopic (exact) mass is 492 g/mol. The van der Waals surface area contributed by atoms with Crippen LogP contribution in [-0.4, -0.2) is 20.9 Å². The third-order valence-corrected chi connectivity index (χ3v) is 8.65. The number of thiophene rings is 1. The maximum Gasteiger partial charge on any atom is 0.265 e. The Hall–Kier alpha value is -3.16. The molecule has 1 N–H and O–H groups in total. The first-order valence-corrected chi connectivity index (χ1v) is 13.5. The molecular weight excluding hydrogens is 464 g/mol. The Morgan fingerprint density at radius 3 is 2.32 bits per heavy atom. The topological polar surface area (TPSA) is 66.5 Å². The average Bonchev–Trinajstić information content (AvgIpc) is 3.23. The van der Waals surface area contributed by atoms with Gasteiger partial charge in [0.05, 0.1) is 15.5 Å². The zero-order valence-corrected chi connectivity index (χ0v) is 21.4. The zero-order valence-electron chi connectivity index (χ0n) is 19.8. The predicted molar refractivity (Wildman–Crippen MR) is 142 cm³/mol. The second kappa shape index (κ2) is 9.60. The lowest BCUT2D eigenvalue weighted by molar-refractivity contribution is 0.103. The number of nitrogens with zero attached hydrogens (tertiary/aromatic N) is 1. The molecule has 0 aliphatic heterocycles. The normalized spacial score (nSPS) is 11.5. The van der Waals surface area contributed by atoms with E-state index in [1.165, 1.54) is 15.6 Å². The summed E-state index contributed by atoms with van der Waals surface area (Å²) in [6, 6.07) is 20.2. The van der Waals surface area contributed by atoms with Crippen molar-refractivity contribution in [3.63, 3.8) is 0 Å². The first kappa shape index (κ1) is 24.0. The van der Waals surface area contributed by atoms with Gasteiger partial charge in [-0.1, -0.05) is 36.8 Å². The van der Waals surface area contributed by atoms with Gasteiger partial charge in [0.2, 0.25) is 0 Å². The number of fused-ring (bicyclic) bond motifs is 1. The molecule has 34 heavy (non-hydrogen) atoms. The maximum absolute atomic E-state index is 13.4. The van der Waals surface area contributed by atoms with Gasteiger partial charge in [-0.25, -0.2) is 8.42 Å². The number of carbonyl (C=O) groups excluding carboxylic acids is 1. The molecule has 0 saturated carbocycles. The summed E-state index contributed by atoms with van der Waals surface area (Å²) in [4.78, 5) is 13.8. The highest BCUT2D eigenvalue weighted by atomic mass is 32.2. The van der Waals surface area contributed by atoms with Crippen molar-refractivity contribution in [1.29, 1.82) is 0 Å². The smallest absolute Gasteiger partial charge is 0.265 e. The highest BCUT2D eigenvalue weighted by molar-refractivity contribution is 7.92. The van der Waals surface area contributed by atoms with Crippen molar-refractivity contribution in [1.82, 2.24) is 0 Å². The van der Waals surface area contributed by atoms with Gasteiger partial charge in [-0.15, -0.1) is 11.3 Å². The van der Waals surface area contributed by atoms with E-state index in [0.717, 1.165) is 32.5 Å². The summed E-state index contributed by atoms with van der Waals surface area (Å²) >= 11 is 1.39. The number of amides is 1. The van der Waals surface area contributed by atoms with Crippen LogP contribution < -0.4 is 9.62 Å². The maximum atomic E-state index is 13.4. The highest BCUT2D eigenvalue weighted by Crippen LogP contribution is 2.32. The zero-order chi connectivity index (χ0) is 24.5. The molecule has 4 aromatic rings. The Morgan fingerprint density at radius 2 is 1.62 bits per heavy atom. The summed E-state index contributed by atoms with van der Waals surface area (Å²) < 4.78 is 29.2. The van der Waals surface area contributed by atoms with E-state index in [2.05, 4.69) is 5.32 Å². The van der Waals surface area contributed by atoms with Crippen LogP contribution in [0.2, 0.25) is 0 Å². The van der Waals surface area contributed by atoms with Crippen molar-refractivity contribution < 1.29 is 13.2 Å². The molecule has 0 saturated heterocycles. The van der Waals surface area contributed by atoms with E-state index in [1.807, 2.05) is 70.2 Å². The minimum atomic E-state index is -3.70. The molecule has 0 aliphatic carbocycles. The first-order valence-electron chi connectivity index (χ1n) is 11.2. The summed E-state index contributed by atoms with van der Waals surface area (Å²) in [5.74, 6) is -0.172. The number of carbonyl (C=O) groups is 1. The number of nitrogens with one attached hydrogen (secondary N) is 1. The predicted octanol–water partition coefficient (Wildman–Crippen LogP) is 6.68. The molecule has 0 unspecified atom stereocenters. The number of benzene rings is 3. The highest BCUT2D eigenvalue weighted by Gasteiger charge is 2.25. The van der Waals surface area contributed by atoms with Crippen LogP contribution in [0.5, 0.6) is 0 Å². The minimum absolute atomic E-state index is 0.172. The number of hydrogen-bond acceptors (Lipinski definition) is 4. The van der Waals surface area contributed by atoms with E-state index < -0.39 is 10.0 Å². The van der Waals surface area contributed by atoms with Gasteiger partial charge in [-0.3, -0.25) is 9.10 Å². The van der Waals surface area contributed by atoms with Gasteiger partial charge in [0.15, 0.2) is 0 Å². The standard InChI is InChI=1S/C27H28N2O3S2/c1-5-14-29(34(31,32)23-11-7-18(2)8-12-23)22-10-13-25-21(16-22)17-26(33-25)27(30)28-24-15-19(3)6-9-20(24)4/h6-13,15-17H,5,14H2,1-4H3,(H,28,30). The van der Waals surface area contributed by atoms with Crippen molar-refractivity contribution in [2.24, 2.45) is 0 Å². The Kier molecular flexibility index (Phi) is 6.77. The van der Waals surface area contributed by atoms with Crippen LogP contribution >= 0.6 is 11.3 Å². The first-order chi connectivity index (χ1) is 16.2. The fraction of sp³-hybridized carbons (Fsp3) is 0.222. The molecule has 0 fully saturated rings. The molecule has 1 aromatic heterocycles. The number of sulfonamides is 1. The molecule has 0 atom stereocenters. The van der Waals surface area contributed by atoms with Crippen LogP contribution in [0.25, 0.3) is 10.1 Å². The third kappa shape index (κ3) is 4.86. The number of anilines is 2. The average molecular weight is 493 g/mol. The lowest BCUT2D eigenvalue weighted by Gasteiger charge is -2.24. The molecule has 4 rings (SSSR count). The molecule has 3 aromatic carbocycles. The Balaban J connectivity index is 1.66. The van der Waals surface area contributed by atoms with Crippen LogP contribution in [0, 0.1) is 20.8 Å². The van der Waals surface area contributed by atoms with Gasteiger partial charge < -0.3 is 5.32 Å². The van der Waals surface area contributed by atoms with Crippen LogP contribution in [-0.2, 0) is 10.0 Å². The van der Waals surface area contributed by atoms with Crippen LogP contribution in [0.4, 0.5) is 11.4 Å². The van der Waals surface area contributed by atoms with Gasteiger partial charge in [0, 0.05) is 16.9 Å². The van der Waals surface area contributed by atoms with E-state index in [4.69, 9.17) is 0 Å². The van der Waals surface area contributed by atoms with Crippen molar-refractivity contribution in [3.8, 4) is 0 Å². The van der Waals surface area contributed by atoms with Crippen molar-refractivity contribution in [3.05, 3.63) is 88.3 Å². The lowest BCUT2D eigenvalue weighted by Crippen LogP contribution is -2.31. The van der Waals surface area contributed by atoms with Crippen molar-refractivity contribution in [2.75, 3.05) is 16.2 Å². The van der Waals surface area contributed by atoms with E-state index >= 15 is 0 Å². The third-order valence-electron chi connectivity index (χ3n) is 5.69. The van der Waals surface area contributed by atoms with E-state index in [1.54, 1.807) is 24.3 Å². The SMILES string of the molecule is CCCN(c1ccc2sc(C(=O)Nc3cc(C)ccc3C)cc2c1)S(=O)(=O)c1ccc(C)cc1. The van der Waals surface area contributed by atoms with Crippen molar-refractivity contribution in [2.45, 2.75) is 39.0 Å². The summed E-state index contributed by atoms with van der Waals surface area (Å²) in [6.45, 7) is 8.20. The van der Waals surface area contributed by atoms with E-state index in [9.17, 15) is 13.2 Å². The van der Waals surface area contributed by atoms with Gasteiger partial charge in [-0.05, 0) is 86.2 Å². The summed E-state index contributed by atoms with van der Waals surface area (Å²) in [6.07, 6.45) is 0.677.